The molecule has 8 nitrogen and oxygen atoms in total. The summed E-state index contributed by atoms with van der Waals surface area (Å²) in [7, 11) is 0. The van der Waals surface area contributed by atoms with Crippen LogP contribution in [0.15, 0.2) is 54.9 Å². The van der Waals surface area contributed by atoms with Crippen molar-refractivity contribution in [1.29, 1.82) is 0 Å². The lowest BCUT2D eigenvalue weighted by Crippen LogP contribution is -2.36. The molecule has 5 rings (SSSR count). The highest BCUT2D eigenvalue weighted by Gasteiger charge is 2.28. The summed E-state index contributed by atoms with van der Waals surface area (Å²) in [5.74, 6) is 2.63. The van der Waals surface area contributed by atoms with Crippen LogP contribution in [0.1, 0.15) is 30.1 Å². The Hall–Kier alpha value is -3.86. The van der Waals surface area contributed by atoms with Crippen LogP contribution < -0.4 is 21.3 Å². The summed E-state index contributed by atoms with van der Waals surface area (Å²) < 4.78 is 39.0. The van der Waals surface area contributed by atoms with Gasteiger partial charge >= 0.3 is 12.2 Å². The number of benzene rings is 1. The van der Waals surface area contributed by atoms with Gasteiger partial charge in [-0.05, 0) is 49.1 Å². The minimum absolute atomic E-state index is 0.146. The van der Waals surface area contributed by atoms with E-state index in [0.29, 0.717) is 18.0 Å². The van der Waals surface area contributed by atoms with E-state index in [4.69, 9.17) is 10.7 Å². The van der Waals surface area contributed by atoms with Gasteiger partial charge in [-0.15, -0.1) is 0 Å². The zero-order valence-corrected chi connectivity index (χ0v) is 20.8. The van der Waals surface area contributed by atoms with Crippen LogP contribution in [0, 0.1) is 5.92 Å². The number of allylic oxidation sites excluding steroid dienone is 1. The van der Waals surface area contributed by atoms with Crippen LogP contribution in [0.4, 0.5) is 29.5 Å². The molecule has 1 unspecified atom stereocenters. The quantitative estimate of drug-likeness (QED) is 0.436. The first-order valence-corrected chi connectivity index (χ1v) is 12.7. The number of hydrogen-bond donors (Lipinski definition) is 3. The van der Waals surface area contributed by atoms with E-state index >= 15 is 0 Å². The third-order valence-electron chi connectivity index (χ3n) is 7.08. The van der Waals surface area contributed by atoms with Crippen molar-refractivity contribution in [3.05, 3.63) is 66.3 Å². The number of imidazole rings is 1. The molecule has 0 spiro atoms. The van der Waals surface area contributed by atoms with Gasteiger partial charge in [0, 0.05) is 49.1 Å². The molecule has 4 N–H and O–H groups in total. The number of carbonyl (C=O) groups is 1. The summed E-state index contributed by atoms with van der Waals surface area (Å²) >= 11 is 0. The topological polar surface area (TPSA) is 101 Å². The minimum atomic E-state index is -4.47. The molecule has 2 aliphatic rings. The number of anilines is 2. The highest BCUT2D eigenvalue weighted by Crippen LogP contribution is 2.32. The van der Waals surface area contributed by atoms with Gasteiger partial charge in [0.2, 0.25) is 0 Å². The lowest BCUT2D eigenvalue weighted by atomic mass is 9.94. The third kappa shape index (κ3) is 5.99. The number of pyridine rings is 1. The van der Waals surface area contributed by atoms with Crippen molar-refractivity contribution in [3.63, 3.8) is 0 Å². The van der Waals surface area contributed by atoms with Crippen molar-refractivity contribution in [1.82, 2.24) is 19.9 Å². The number of fused-ring (bicyclic) bond motifs is 1. The Morgan fingerprint density at radius 2 is 1.92 bits per heavy atom. The Morgan fingerprint density at radius 1 is 1.11 bits per heavy atom. The Kier molecular flexibility index (Phi) is 7.37. The Bertz CT molecular complexity index is 1290. The van der Waals surface area contributed by atoms with Crippen LogP contribution in [0.2, 0.25) is 0 Å². The van der Waals surface area contributed by atoms with Gasteiger partial charge in [-0.1, -0.05) is 24.3 Å². The molecular formula is C27H30F3N7O. The van der Waals surface area contributed by atoms with Gasteiger partial charge in [-0.25, -0.2) is 14.8 Å². The molecule has 0 saturated carbocycles. The monoisotopic (exact) mass is 525 g/mol. The molecule has 3 aromatic rings. The van der Waals surface area contributed by atoms with Crippen LogP contribution in [-0.2, 0) is 6.42 Å². The minimum Gasteiger partial charge on any atom is -0.357 e. The summed E-state index contributed by atoms with van der Waals surface area (Å²) in [5, 5.41) is 4.25. The number of alkyl halides is 3. The van der Waals surface area contributed by atoms with Crippen molar-refractivity contribution in [2.45, 2.75) is 31.4 Å². The summed E-state index contributed by atoms with van der Waals surface area (Å²) in [6.45, 7) is 1.31. The van der Waals surface area contributed by atoms with Crippen molar-refractivity contribution in [3.8, 4) is 11.3 Å². The second-order valence-corrected chi connectivity index (χ2v) is 9.70. The van der Waals surface area contributed by atoms with E-state index in [1.165, 1.54) is 0 Å². The first kappa shape index (κ1) is 25.8. The number of halogens is 3. The van der Waals surface area contributed by atoms with Gasteiger partial charge in [0.05, 0.1) is 11.9 Å². The summed E-state index contributed by atoms with van der Waals surface area (Å²) in [6.07, 6.45) is 6.23. The van der Waals surface area contributed by atoms with Crippen molar-refractivity contribution >= 4 is 23.7 Å². The van der Waals surface area contributed by atoms with E-state index in [9.17, 15) is 18.0 Å². The zero-order valence-electron chi connectivity index (χ0n) is 20.8. The molecule has 0 aliphatic carbocycles. The summed E-state index contributed by atoms with van der Waals surface area (Å²) in [4.78, 5) is 23.5. The van der Waals surface area contributed by atoms with Crippen LogP contribution in [0.3, 0.4) is 0 Å². The van der Waals surface area contributed by atoms with Gasteiger partial charge in [0.1, 0.15) is 18.2 Å². The number of rotatable bonds is 6. The molecule has 0 radical (unpaired) electrons. The van der Waals surface area contributed by atoms with Crippen molar-refractivity contribution in [2.75, 3.05) is 36.4 Å². The highest BCUT2D eigenvalue weighted by molar-refractivity contribution is 5.90. The predicted octanol–water partition coefficient (Wildman–Crippen LogP) is 4.61. The number of piperidine rings is 1. The van der Waals surface area contributed by atoms with E-state index in [-0.39, 0.29) is 5.92 Å². The van der Waals surface area contributed by atoms with Gasteiger partial charge in [-0.2, -0.15) is 13.2 Å². The average molecular weight is 526 g/mol. The van der Waals surface area contributed by atoms with Gasteiger partial charge in [-0.3, -0.25) is 0 Å². The molecule has 2 aromatic heterocycles. The zero-order chi connectivity index (χ0) is 26.7. The number of carbonyl (C=O) groups excluding carboxylic acids is 1. The van der Waals surface area contributed by atoms with E-state index in [0.717, 1.165) is 60.9 Å². The summed E-state index contributed by atoms with van der Waals surface area (Å²) in [5.41, 5.74) is 8.92. The lowest BCUT2D eigenvalue weighted by molar-refractivity contribution is -0.122. The molecule has 200 valence electrons. The molecule has 4 heterocycles. The maximum absolute atomic E-state index is 12.4. The number of hydrogen-bond acceptors (Lipinski definition) is 5. The predicted molar refractivity (Wildman–Crippen MR) is 141 cm³/mol. The molecule has 1 saturated heterocycles. The van der Waals surface area contributed by atoms with E-state index < -0.39 is 18.8 Å². The maximum Gasteiger partial charge on any atom is 0.405 e. The molecular weight excluding hydrogens is 495 g/mol. The second kappa shape index (κ2) is 10.9. The standard InChI is InChI=1S/C27H30F3N7O/c28-27(29,30)17-34-26(38)35-22-3-1-2-20(12-22)23-16-33-25-13-19(8-11-37(23)25)21-4-5-24(32-15-21)36-9-6-18(14-31)7-10-36/h1-5,8,11-12,15-16,18-19H,6-7,9-10,13-14,17,31H2,(H2,34,35,38). The molecule has 1 fully saturated rings. The average Bonchev–Trinajstić information content (AvgIpc) is 3.35. The lowest BCUT2D eigenvalue weighted by Gasteiger charge is -2.32. The van der Waals surface area contributed by atoms with Crippen molar-refractivity contribution < 1.29 is 18.0 Å². The van der Waals surface area contributed by atoms with E-state index in [2.05, 4.69) is 33.4 Å². The molecule has 1 aromatic carbocycles. The molecule has 2 aliphatic heterocycles. The Morgan fingerprint density at radius 3 is 2.63 bits per heavy atom. The normalized spacial score (nSPS) is 17.8. The third-order valence-corrected chi connectivity index (χ3v) is 7.08. The Labute approximate surface area is 218 Å². The van der Waals surface area contributed by atoms with Gasteiger partial charge < -0.3 is 25.8 Å². The second-order valence-electron chi connectivity index (χ2n) is 9.70. The van der Waals surface area contributed by atoms with Crippen LogP contribution in [-0.4, -0.2) is 52.9 Å². The fourth-order valence-electron chi connectivity index (χ4n) is 4.93. The smallest absolute Gasteiger partial charge is 0.357 e. The number of amides is 2. The summed E-state index contributed by atoms with van der Waals surface area (Å²) in [6, 6.07) is 10.2. The number of aromatic nitrogens is 3. The SMILES string of the molecule is NCC1CCN(c2ccc(C3C=Cn4c(-c5cccc(NC(=O)NCC(F)(F)F)c5)cnc4C3)cn2)CC1. The van der Waals surface area contributed by atoms with Gasteiger partial charge in [0.25, 0.3) is 0 Å². The fourth-order valence-corrected chi connectivity index (χ4v) is 4.93. The van der Waals surface area contributed by atoms with Crippen molar-refractivity contribution in [2.24, 2.45) is 11.7 Å². The van der Waals surface area contributed by atoms with Crippen LogP contribution in [0.25, 0.3) is 17.5 Å². The molecule has 11 heteroatoms. The first-order chi connectivity index (χ1) is 18.3. The largest absolute Gasteiger partial charge is 0.405 e. The fraction of sp³-hybridized carbons (Fsp3) is 0.370. The molecule has 0 bridgehead atoms. The number of nitrogens with two attached hydrogens (primary N) is 1. The van der Waals surface area contributed by atoms with E-state index in [1.54, 1.807) is 29.7 Å². The molecule has 2 amide bonds. The molecule has 38 heavy (non-hydrogen) atoms. The van der Waals surface area contributed by atoms with Gasteiger partial charge in [0.15, 0.2) is 0 Å². The highest BCUT2D eigenvalue weighted by atomic mass is 19.4. The van der Waals surface area contributed by atoms with Crippen LogP contribution in [0.5, 0.6) is 0 Å². The first-order valence-electron chi connectivity index (χ1n) is 12.7. The van der Waals surface area contributed by atoms with Crippen LogP contribution >= 0.6 is 0 Å². The number of nitrogens with one attached hydrogen (secondary N) is 2. The Balaban J connectivity index is 1.24. The number of urea groups is 1. The van der Waals surface area contributed by atoms with E-state index in [1.807, 2.05) is 23.0 Å². The molecule has 1 atom stereocenters. The number of nitrogens with zero attached hydrogens (tertiary/aromatic N) is 4. The maximum atomic E-state index is 12.4.